The fourth-order valence-electron chi connectivity index (χ4n) is 1.62. The fraction of sp³-hybridized carbons (Fsp3) is 0.167. The molecule has 6 nitrogen and oxygen atoms in total. The molecule has 0 unspecified atom stereocenters. The lowest BCUT2D eigenvalue weighted by atomic mass is 10.2. The number of aromatic nitrogens is 3. The molecule has 6 heteroatoms. The van der Waals surface area contributed by atoms with Crippen LogP contribution in [0.15, 0.2) is 24.8 Å². The summed E-state index contributed by atoms with van der Waals surface area (Å²) in [6, 6.07) is 5.40. The van der Waals surface area contributed by atoms with Crippen molar-refractivity contribution in [1.29, 1.82) is 10.5 Å². The van der Waals surface area contributed by atoms with E-state index in [1.165, 1.54) is 10.9 Å². The summed E-state index contributed by atoms with van der Waals surface area (Å²) in [5, 5.41) is 17.7. The number of carbonyl (C=O) groups is 1. The summed E-state index contributed by atoms with van der Waals surface area (Å²) in [5.74, 6) is -0.131. The highest BCUT2D eigenvalue weighted by atomic mass is 16.1. The quantitative estimate of drug-likeness (QED) is 0.743. The summed E-state index contributed by atoms with van der Waals surface area (Å²) in [6.07, 6.45) is 4.81. The third-order valence-corrected chi connectivity index (χ3v) is 2.52. The number of hydrogen-bond donors (Lipinski definition) is 0. The first kappa shape index (κ1) is 11.6. The Bertz CT molecular complexity index is 680. The first-order valence-electron chi connectivity index (χ1n) is 5.16. The summed E-state index contributed by atoms with van der Waals surface area (Å²) in [5.41, 5.74) is 0.716. The number of aryl methyl sites for hydroxylation is 1. The SMILES string of the molecule is Cn1ccc(C(=O)Cn2cnc(C#N)c2C#N)c1. The van der Waals surface area contributed by atoms with Crippen LogP contribution in [0.1, 0.15) is 21.7 Å². The van der Waals surface area contributed by atoms with Gasteiger partial charge in [0.05, 0.1) is 12.9 Å². The normalized spacial score (nSPS) is 9.72. The molecule has 2 aromatic rings. The van der Waals surface area contributed by atoms with Crippen molar-refractivity contribution < 1.29 is 4.79 Å². The molecule has 18 heavy (non-hydrogen) atoms. The first-order chi connectivity index (χ1) is 8.65. The molecule has 0 amide bonds. The minimum atomic E-state index is -0.131. The van der Waals surface area contributed by atoms with E-state index in [-0.39, 0.29) is 23.7 Å². The number of nitrogens with zero attached hydrogens (tertiary/aromatic N) is 5. The largest absolute Gasteiger partial charge is 0.357 e. The van der Waals surface area contributed by atoms with E-state index in [9.17, 15) is 4.79 Å². The zero-order valence-corrected chi connectivity index (χ0v) is 9.66. The molecule has 0 aliphatic heterocycles. The van der Waals surface area contributed by atoms with E-state index in [1.807, 2.05) is 19.2 Å². The molecule has 0 aromatic carbocycles. The van der Waals surface area contributed by atoms with Crippen molar-refractivity contribution >= 4 is 5.78 Å². The monoisotopic (exact) mass is 239 g/mol. The lowest BCUT2D eigenvalue weighted by molar-refractivity contribution is 0.0972. The standard InChI is InChI=1S/C12H9N5O/c1-16-3-2-9(6-16)12(18)7-17-8-15-10(4-13)11(17)5-14/h2-3,6,8H,7H2,1H3. The number of ketones is 1. The Labute approximate surface area is 103 Å². The summed E-state index contributed by atoms with van der Waals surface area (Å²) in [7, 11) is 1.82. The molecular weight excluding hydrogens is 230 g/mol. The Kier molecular flexibility index (Phi) is 2.94. The second-order valence-electron chi connectivity index (χ2n) is 3.78. The lowest BCUT2D eigenvalue weighted by Crippen LogP contribution is -2.10. The maximum Gasteiger partial charge on any atom is 0.184 e. The summed E-state index contributed by atoms with van der Waals surface area (Å²) < 4.78 is 3.15. The van der Waals surface area contributed by atoms with E-state index in [1.54, 1.807) is 23.0 Å². The van der Waals surface area contributed by atoms with E-state index in [0.717, 1.165) is 0 Å². The fourth-order valence-corrected chi connectivity index (χ4v) is 1.62. The second-order valence-corrected chi connectivity index (χ2v) is 3.78. The van der Waals surface area contributed by atoms with Crippen LogP contribution in [0.3, 0.4) is 0 Å². The van der Waals surface area contributed by atoms with Gasteiger partial charge in [0.2, 0.25) is 0 Å². The molecule has 88 valence electrons. The molecule has 0 spiro atoms. The van der Waals surface area contributed by atoms with E-state index in [0.29, 0.717) is 5.56 Å². The lowest BCUT2D eigenvalue weighted by Gasteiger charge is -2.01. The van der Waals surface area contributed by atoms with Gasteiger partial charge in [-0.05, 0) is 6.07 Å². The first-order valence-corrected chi connectivity index (χ1v) is 5.16. The average molecular weight is 239 g/mol. The van der Waals surface area contributed by atoms with Crippen LogP contribution >= 0.6 is 0 Å². The number of nitriles is 2. The molecule has 0 radical (unpaired) electrons. The maximum atomic E-state index is 11.9. The molecular formula is C12H9N5O. The van der Waals surface area contributed by atoms with Crippen molar-refractivity contribution in [1.82, 2.24) is 14.1 Å². The minimum absolute atomic E-state index is 0.00157. The molecule has 0 N–H and O–H groups in total. The summed E-state index contributed by atoms with van der Waals surface area (Å²) in [6.45, 7) is 0.00157. The van der Waals surface area contributed by atoms with Gasteiger partial charge < -0.3 is 9.13 Å². The Morgan fingerprint density at radius 3 is 2.78 bits per heavy atom. The van der Waals surface area contributed by atoms with Crippen LogP contribution in [0, 0.1) is 22.7 Å². The van der Waals surface area contributed by atoms with Crippen LogP contribution in [0.4, 0.5) is 0 Å². The Hall–Kier alpha value is -2.86. The molecule has 0 aliphatic carbocycles. The van der Waals surface area contributed by atoms with Crippen LogP contribution in [0.25, 0.3) is 0 Å². The van der Waals surface area contributed by atoms with Gasteiger partial charge in [-0.25, -0.2) is 4.98 Å². The highest BCUT2D eigenvalue weighted by molar-refractivity contribution is 5.95. The van der Waals surface area contributed by atoms with Gasteiger partial charge in [-0.15, -0.1) is 0 Å². The van der Waals surface area contributed by atoms with Crippen LogP contribution < -0.4 is 0 Å². The zero-order valence-electron chi connectivity index (χ0n) is 9.66. The molecule has 2 aromatic heterocycles. The topological polar surface area (TPSA) is 87.4 Å². The predicted molar refractivity (Wildman–Crippen MR) is 61.4 cm³/mol. The van der Waals surface area contributed by atoms with Gasteiger partial charge in [-0.2, -0.15) is 10.5 Å². The van der Waals surface area contributed by atoms with E-state index in [4.69, 9.17) is 10.5 Å². The molecule has 0 atom stereocenters. The third-order valence-electron chi connectivity index (χ3n) is 2.52. The van der Waals surface area contributed by atoms with Crippen LogP contribution in [0.5, 0.6) is 0 Å². The van der Waals surface area contributed by atoms with E-state index in [2.05, 4.69) is 4.98 Å². The Balaban J connectivity index is 2.26. The van der Waals surface area contributed by atoms with Gasteiger partial charge in [0, 0.05) is 25.0 Å². The van der Waals surface area contributed by atoms with Gasteiger partial charge in [-0.1, -0.05) is 0 Å². The van der Waals surface area contributed by atoms with E-state index >= 15 is 0 Å². The predicted octanol–water partition coefficient (Wildman–Crippen LogP) is 0.848. The minimum Gasteiger partial charge on any atom is -0.357 e. The molecule has 2 heterocycles. The van der Waals surface area contributed by atoms with Gasteiger partial charge in [0.1, 0.15) is 12.1 Å². The van der Waals surface area contributed by atoms with Gasteiger partial charge >= 0.3 is 0 Å². The van der Waals surface area contributed by atoms with Crippen LogP contribution in [-0.2, 0) is 13.6 Å². The molecule has 2 rings (SSSR count). The number of rotatable bonds is 3. The molecule has 0 aliphatic rings. The maximum absolute atomic E-state index is 11.9. The number of carbonyl (C=O) groups excluding carboxylic acids is 1. The highest BCUT2D eigenvalue weighted by Crippen LogP contribution is 2.08. The van der Waals surface area contributed by atoms with Crippen molar-refractivity contribution in [2.45, 2.75) is 6.54 Å². The van der Waals surface area contributed by atoms with Crippen molar-refractivity contribution in [3.8, 4) is 12.1 Å². The van der Waals surface area contributed by atoms with Crippen molar-refractivity contribution in [3.05, 3.63) is 41.7 Å². The van der Waals surface area contributed by atoms with Crippen molar-refractivity contribution in [3.63, 3.8) is 0 Å². The van der Waals surface area contributed by atoms with Crippen molar-refractivity contribution in [2.24, 2.45) is 7.05 Å². The second kappa shape index (κ2) is 4.56. The molecule has 0 bridgehead atoms. The van der Waals surface area contributed by atoms with Crippen molar-refractivity contribution in [2.75, 3.05) is 0 Å². The van der Waals surface area contributed by atoms with E-state index < -0.39 is 0 Å². The number of Topliss-reactive ketones (excluding diaryl/α,β-unsaturated/α-hetero) is 1. The number of hydrogen-bond acceptors (Lipinski definition) is 4. The zero-order chi connectivity index (χ0) is 13.1. The van der Waals surface area contributed by atoms with Gasteiger partial charge in [-0.3, -0.25) is 4.79 Å². The smallest absolute Gasteiger partial charge is 0.184 e. The third kappa shape index (κ3) is 2.00. The van der Waals surface area contributed by atoms with Crippen LogP contribution in [-0.4, -0.2) is 19.9 Å². The molecule has 0 saturated heterocycles. The van der Waals surface area contributed by atoms with Crippen LogP contribution in [0.2, 0.25) is 0 Å². The molecule has 0 saturated carbocycles. The highest BCUT2D eigenvalue weighted by Gasteiger charge is 2.14. The average Bonchev–Trinajstić information content (AvgIpc) is 2.95. The van der Waals surface area contributed by atoms with Gasteiger partial charge in [0.25, 0.3) is 0 Å². The molecule has 0 fully saturated rings. The Morgan fingerprint density at radius 1 is 1.44 bits per heavy atom. The number of imidazole rings is 1. The summed E-state index contributed by atoms with van der Waals surface area (Å²) >= 11 is 0. The van der Waals surface area contributed by atoms with Gasteiger partial charge in [0.15, 0.2) is 17.2 Å². The Morgan fingerprint density at radius 2 is 2.22 bits per heavy atom. The summed E-state index contributed by atoms with van der Waals surface area (Å²) in [4.78, 5) is 15.7.